The molecule has 0 unspecified atom stereocenters. The summed E-state index contributed by atoms with van der Waals surface area (Å²) in [5.41, 5.74) is 3.14. The molecule has 0 saturated carbocycles. The largest absolute Gasteiger partial charge is 0.463 e. The minimum Gasteiger partial charge on any atom is -0.463 e. The predicted molar refractivity (Wildman–Crippen MR) is 158 cm³/mol. The molecule has 6 heteroatoms. The maximum absolute atomic E-state index is 11.9. The van der Waals surface area contributed by atoms with Crippen molar-refractivity contribution in [1.29, 1.82) is 0 Å². The van der Waals surface area contributed by atoms with E-state index in [1.54, 1.807) is 26.8 Å². The zero-order valence-corrected chi connectivity index (χ0v) is 23.1. The van der Waals surface area contributed by atoms with Crippen LogP contribution in [0.2, 0.25) is 0 Å². The molecule has 0 bridgehead atoms. The van der Waals surface area contributed by atoms with Gasteiger partial charge in [-0.25, -0.2) is 9.59 Å². The lowest BCUT2D eigenvalue weighted by Gasteiger charge is -2.13. The standard InChI is InChI=1S/C34H32O6/c1-5-37-33(35)22-23(3)26-15-19-28(20-16-26)40-32-12-8-9-29-30(32)10-7-11-31(29)39-27-17-13-25(14-18-27)21-24(4)34(36)38-6-2/h7-22H,5-6H2,1-4H3. The van der Waals surface area contributed by atoms with E-state index in [2.05, 4.69) is 0 Å². The summed E-state index contributed by atoms with van der Waals surface area (Å²) in [5, 5.41) is 1.82. The van der Waals surface area contributed by atoms with Crippen LogP contribution in [-0.4, -0.2) is 25.2 Å². The monoisotopic (exact) mass is 536 g/mol. The van der Waals surface area contributed by atoms with Crippen molar-refractivity contribution in [2.45, 2.75) is 27.7 Å². The van der Waals surface area contributed by atoms with Gasteiger partial charge in [0.05, 0.1) is 13.2 Å². The second-order valence-corrected chi connectivity index (χ2v) is 9.03. The molecule has 0 aliphatic carbocycles. The first-order valence-corrected chi connectivity index (χ1v) is 13.2. The number of ether oxygens (including phenoxy) is 4. The Kier molecular flexibility index (Phi) is 9.36. The first-order chi connectivity index (χ1) is 19.4. The van der Waals surface area contributed by atoms with Crippen LogP contribution in [0, 0.1) is 0 Å². The van der Waals surface area contributed by atoms with Gasteiger partial charge >= 0.3 is 11.9 Å². The molecular formula is C34H32O6. The van der Waals surface area contributed by atoms with Crippen molar-refractivity contribution in [3.8, 4) is 23.0 Å². The second-order valence-electron chi connectivity index (χ2n) is 9.03. The Morgan fingerprint density at radius 1 is 0.675 bits per heavy atom. The van der Waals surface area contributed by atoms with Crippen LogP contribution in [0.5, 0.6) is 23.0 Å². The van der Waals surface area contributed by atoms with Gasteiger partial charge in [0.2, 0.25) is 0 Å². The minimum absolute atomic E-state index is 0.325. The van der Waals surface area contributed by atoms with E-state index in [0.717, 1.165) is 27.5 Å². The minimum atomic E-state index is -0.356. The normalized spacial score (nSPS) is 11.7. The third-order valence-electron chi connectivity index (χ3n) is 6.09. The Labute approximate surface area is 234 Å². The molecule has 0 fully saturated rings. The maximum Gasteiger partial charge on any atom is 0.333 e. The van der Waals surface area contributed by atoms with Gasteiger partial charge in [-0.15, -0.1) is 0 Å². The number of carbonyl (C=O) groups excluding carboxylic acids is 2. The third kappa shape index (κ3) is 7.17. The second kappa shape index (κ2) is 13.3. The lowest BCUT2D eigenvalue weighted by atomic mass is 10.1. The fraction of sp³-hybridized carbons (Fsp3) is 0.176. The van der Waals surface area contributed by atoms with Crippen LogP contribution in [0.25, 0.3) is 22.4 Å². The number of rotatable bonds is 10. The molecular weight excluding hydrogens is 504 g/mol. The summed E-state index contributed by atoms with van der Waals surface area (Å²) >= 11 is 0. The van der Waals surface area contributed by atoms with E-state index in [1.165, 1.54) is 6.08 Å². The first-order valence-electron chi connectivity index (χ1n) is 13.2. The molecule has 6 nitrogen and oxygen atoms in total. The zero-order chi connectivity index (χ0) is 28.5. The molecule has 0 aliphatic rings. The topological polar surface area (TPSA) is 71.1 Å². The number of hydrogen-bond acceptors (Lipinski definition) is 6. The van der Waals surface area contributed by atoms with Crippen LogP contribution < -0.4 is 9.47 Å². The average Bonchev–Trinajstić information content (AvgIpc) is 2.95. The van der Waals surface area contributed by atoms with E-state index in [9.17, 15) is 9.59 Å². The number of benzene rings is 4. The van der Waals surface area contributed by atoms with Crippen molar-refractivity contribution in [2.24, 2.45) is 0 Å². The van der Waals surface area contributed by atoms with Gasteiger partial charge in [0.25, 0.3) is 0 Å². The van der Waals surface area contributed by atoms with Gasteiger partial charge in [0.1, 0.15) is 23.0 Å². The summed E-state index contributed by atoms with van der Waals surface area (Å²) in [6.45, 7) is 7.85. The molecule has 0 aromatic heterocycles. The molecule has 0 aliphatic heterocycles. The zero-order valence-electron chi connectivity index (χ0n) is 23.1. The Balaban J connectivity index is 1.51. The summed E-state index contributed by atoms with van der Waals surface area (Å²) in [4.78, 5) is 23.6. The van der Waals surface area contributed by atoms with Crippen molar-refractivity contribution >= 4 is 34.4 Å². The lowest BCUT2D eigenvalue weighted by molar-refractivity contribution is -0.138. The van der Waals surface area contributed by atoms with Gasteiger partial charge in [-0.2, -0.15) is 0 Å². The summed E-state index contributed by atoms with van der Waals surface area (Å²) in [6.07, 6.45) is 3.27. The fourth-order valence-electron chi connectivity index (χ4n) is 4.10. The Bertz CT molecular complexity index is 1550. The molecule has 204 valence electrons. The molecule has 0 atom stereocenters. The molecule has 0 spiro atoms. The van der Waals surface area contributed by atoms with Gasteiger partial charge in [-0.3, -0.25) is 0 Å². The summed E-state index contributed by atoms with van der Waals surface area (Å²) in [6, 6.07) is 26.7. The van der Waals surface area contributed by atoms with E-state index < -0.39 is 0 Å². The van der Waals surface area contributed by atoms with Crippen LogP contribution in [0.4, 0.5) is 0 Å². The smallest absolute Gasteiger partial charge is 0.333 e. The van der Waals surface area contributed by atoms with Crippen LogP contribution in [0.1, 0.15) is 38.8 Å². The maximum atomic E-state index is 11.9. The number of esters is 2. The summed E-state index contributed by atoms with van der Waals surface area (Å²) in [7, 11) is 0. The van der Waals surface area contributed by atoms with E-state index in [1.807, 2.05) is 91.9 Å². The highest BCUT2D eigenvalue weighted by Gasteiger charge is 2.10. The van der Waals surface area contributed by atoms with Crippen LogP contribution in [0.3, 0.4) is 0 Å². The highest BCUT2D eigenvalue weighted by molar-refractivity contribution is 5.94. The number of allylic oxidation sites excluding steroid dienone is 1. The Morgan fingerprint density at radius 2 is 1.20 bits per heavy atom. The van der Waals surface area contributed by atoms with Gasteiger partial charge in [-0.1, -0.05) is 48.5 Å². The van der Waals surface area contributed by atoms with Crippen LogP contribution in [0.15, 0.2) is 96.6 Å². The average molecular weight is 537 g/mol. The van der Waals surface area contributed by atoms with Crippen molar-refractivity contribution in [1.82, 2.24) is 0 Å². The van der Waals surface area contributed by atoms with Gasteiger partial charge in [0, 0.05) is 22.4 Å². The van der Waals surface area contributed by atoms with Crippen molar-refractivity contribution in [2.75, 3.05) is 13.2 Å². The Hall–Kier alpha value is -4.84. The molecule has 4 rings (SSSR count). The third-order valence-corrected chi connectivity index (χ3v) is 6.09. The number of fused-ring (bicyclic) bond motifs is 1. The molecule has 40 heavy (non-hydrogen) atoms. The van der Waals surface area contributed by atoms with Gasteiger partial charge in [-0.05, 0) is 86.9 Å². The van der Waals surface area contributed by atoms with Gasteiger partial charge < -0.3 is 18.9 Å². The van der Waals surface area contributed by atoms with Gasteiger partial charge in [0.15, 0.2) is 0 Å². The molecule has 0 amide bonds. The molecule has 0 heterocycles. The highest BCUT2D eigenvalue weighted by Crippen LogP contribution is 2.36. The number of hydrogen-bond donors (Lipinski definition) is 0. The SMILES string of the molecule is CCOC(=O)C=C(C)c1ccc(Oc2cccc3c(Oc4ccc(C=C(C)C(=O)OCC)cc4)cccc23)cc1. The van der Waals surface area contributed by atoms with Crippen LogP contribution >= 0.6 is 0 Å². The summed E-state index contributed by atoms with van der Waals surface area (Å²) in [5.74, 6) is 2.06. The highest BCUT2D eigenvalue weighted by atomic mass is 16.5. The van der Waals surface area contributed by atoms with Crippen molar-refractivity contribution in [3.63, 3.8) is 0 Å². The molecule has 0 N–H and O–H groups in total. The first kappa shape index (κ1) is 28.2. The van der Waals surface area contributed by atoms with E-state index >= 15 is 0 Å². The molecule has 0 radical (unpaired) electrons. The predicted octanol–water partition coefficient (Wildman–Crippen LogP) is 8.36. The van der Waals surface area contributed by atoms with E-state index in [0.29, 0.717) is 41.8 Å². The Morgan fingerprint density at radius 3 is 1.73 bits per heavy atom. The fourth-order valence-corrected chi connectivity index (χ4v) is 4.10. The lowest BCUT2D eigenvalue weighted by Crippen LogP contribution is -2.04. The molecule has 4 aromatic carbocycles. The molecule has 0 saturated heterocycles. The van der Waals surface area contributed by atoms with Crippen molar-refractivity contribution in [3.05, 3.63) is 108 Å². The van der Waals surface area contributed by atoms with Crippen molar-refractivity contribution < 1.29 is 28.5 Å². The quantitative estimate of drug-likeness (QED) is 0.150. The van der Waals surface area contributed by atoms with E-state index in [4.69, 9.17) is 18.9 Å². The molecule has 4 aromatic rings. The summed E-state index contributed by atoms with van der Waals surface area (Å²) < 4.78 is 22.5. The number of carbonyl (C=O) groups is 2. The van der Waals surface area contributed by atoms with Crippen LogP contribution in [-0.2, 0) is 19.1 Å². The van der Waals surface area contributed by atoms with E-state index in [-0.39, 0.29) is 11.9 Å².